The van der Waals surface area contributed by atoms with Crippen LogP contribution < -0.4 is 4.74 Å². The topological polar surface area (TPSA) is 89.7 Å². The molecule has 1 aromatic rings. The van der Waals surface area contributed by atoms with Crippen molar-refractivity contribution in [2.75, 3.05) is 6.61 Å². The van der Waals surface area contributed by atoms with Gasteiger partial charge in [0, 0.05) is 18.2 Å². The van der Waals surface area contributed by atoms with E-state index < -0.39 is 22.4 Å². The molecule has 0 unspecified atom stereocenters. The van der Waals surface area contributed by atoms with Crippen molar-refractivity contribution in [1.29, 1.82) is 0 Å². The van der Waals surface area contributed by atoms with Gasteiger partial charge >= 0.3 is 11.7 Å². The first-order chi connectivity index (χ1) is 8.00. The number of ether oxygens (including phenoxy) is 1. The molecule has 90 valence electrons. The van der Waals surface area contributed by atoms with E-state index in [4.69, 9.17) is 9.84 Å². The van der Waals surface area contributed by atoms with E-state index in [1.807, 2.05) is 0 Å². The van der Waals surface area contributed by atoms with Gasteiger partial charge in [0.25, 0.3) is 0 Å². The minimum absolute atomic E-state index is 0.0659. The molecule has 0 aliphatic heterocycles. The van der Waals surface area contributed by atoms with Gasteiger partial charge in [0.2, 0.25) is 5.82 Å². The van der Waals surface area contributed by atoms with Crippen LogP contribution in [0.5, 0.6) is 5.75 Å². The Morgan fingerprint density at radius 3 is 2.82 bits per heavy atom. The molecule has 0 aliphatic carbocycles. The Hall–Kier alpha value is -2.44. The zero-order valence-corrected chi connectivity index (χ0v) is 8.50. The summed E-state index contributed by atoms with van der Waals surface area (Å²) in [6.45, 7) is -0.0659. The predicted octanol–water partition coefficient (Wildman–Crippen LogP) is 1.75. The molecule has 1 N–H and O–H groups in total. The number of rotatable bonds is 5. The quantitative estimate of drug-likeness (QED) is 0.482. The van der Waals surface area contributed by atoms with E-state index in [2.05, 4.69) is 0 Å². The van der Waals surface area contributed by atoms with Crippen molar-refractivity contribution in [1.82, 2.24) is 0 Å². The van der Waals surface area contributed by atoms with Gasteiger partial charge in [-0.05, 0) is 12.1 Å². The van der Waals surface area contributed by atoms with Gasteiger partial charge in [0.15, 0.2) is 0 Å². The molecule has 1 aromatic carbocycles. The van der Waals surface area contributed by atoms with Crippen molar-refractivity contribution < 1.29 is 24.0 Å². The van der Waals surface area contributed by atoms with Crippen molar-refractivity contribution in [2.45, 2.75) is 0 Å². The van der Waals surface area contributed by atoms with Crippen LogP contribution in [0.4, 0.5) is 10.1 Å². The predicted molar refractivity (Wildman–Crippen MR) is 55.3 cm³/mol. The molecule has 0 fully saturated rings. The third kappa shape index (κ3) is 3.90. The normalized spacial score (nSPS) is 10.4. The molecular weight excluding hydrogens is 233 g/mol. The van der Waals surface area contributed by atoms with Gasteiger partial charge in [0.1, 0.15) is 12.4 Å². The fourth-order valence-corrected chi connectivity index (χ4v) is 1.02. The van der Waals surface area contributed by atoms with E-state index in [0.717, 1.165) is 18.2 Å². The van der Waals surface area contributed by atoms with E-state index in [-0.39, 0.29) is 12.4 Å². The maximum absolute atomic E-state index is 13.1. The second kappa shape index (κ2) is 5.59. The van der Waals surface area contributed by atoms with Crippen LogP contribution in [0.15, 0.2) is 30.4 Å². The second-order valence-corrected chi connectivity index (χ2v) is 2.92. The van der Waals surface area contributed by atoms with Gasteiger partial charge in [-0.2, -0.15) is 4.39 Å². The number of nitro benzene ring substituents is 1. The average Bonchev–Trinajstić information content (AvgIpc) is 2.23. The van der Waals surface area contributed by atoms with Gasteiger partial charge in [0.05, 0.1) is 4.92 Å². The molecule has 7 heteroatoms. The van der Waals surface area contributed by atoms with Crippen molar-refractivity contribution >= 4 is 11.7 Å². The molecule has 0 saturated heterocycles. The molecule has 17 heavy (non-hydrogen) atoms. The standard InChI is InChI=1S/C10H8FNO5/c11-8-6-7(3-4-9(8)12(15)16)17-5-1-2-10(13)14/h1-4,6H,5H2,(H,13,14). The van der Waals surface area contributed by atoms with E-state index in [0.29, 0.717) is 0 Å². The summed E-state index contributed by atoms with van der Waals surface area (Å²) in [4.78, 5) is 19.6. The molecule has 6 nitrogen and oxygen atoms in total. The van der Waals surface area contributed by atoms with E-state index in [1.165, 1.54) is 12.1 Å². The number of carboxylic acid groups (broad SMARTS) is 1. The smallest absolute Gasteiger partial charge is 0.328 e. The highest BCUT2D eigenvalue weighted by Gasteiger charge is 2.13. The van der Waals surface area contributed by atoms with E-state index in [1.54, 1.807) is 0 Å². The van der Waals surface area contributed by atoms with Crippen LogP contribution in [0, 0.1) is 15.9 Å². The van der Waals surface area contributed by atoms with E-state index in [9.17, 15) is 19.3 Å². The SMILES string of the molecule is O=C(O)C=CCOc1ccc([N+](=O)[O-])c(F)c1. The summed E-state index contributed by atoms with van der Waals surface area (Å²) in [6, 6.07) is 3.08. The van der Waals surface area contributed by atoms with Gasteiger partial charge in [-0.15, -0.1) is 0 Å². The van der Waals surface area contributed by atoms with Crippen LogP contribution in [0.1, 0.15) is 0 Å². The summed E-state index contributed by atoms with van der Waals surface area (Å²) >= 11 is 0. The number of carbonyl (C=O) groups is 1. The fraction of sp³-hybridized carbons (Fsp3) is 0.100. The molecule has 0 heterocycles. The molecule has 0 bridgehead atoms. The van der Waals surface area contributed by atoms with Crippen LogP contribution in [-0.2, 0) is 4.79 Å². The Morgan fingerprint density at radius 2 is 2.29 bits per heavy atom. The Morgan fingerprint density at radius 1 is 1.59 bits per heavy atom. The van der Waals surface area contributed by atoms with Crippen molar-refractivity contribution in [2.24, 2.45) is 0 Å². The van der Waals surface area contributed by atoms with Crippen LogP contribution in [-0.4, -0.2) is 22.6 Å². The van der Waals surface area contributed by atoms with Crippen molar-refractivity contribution in [3.05, 3.63) is 46.3 Å². The first kappa shape index (κ1) is 12.6. The zero-order valence-electron chi connectivity index (χ0n) is 8.50. The highest BCUT2D eigenvalue weighted by molar-refractivity contribution is 5.79. The molecular formula is C10H8FNO5. The van der Waals surface area contributed by atoms with E-state index >= 15 is 0 Å². The van der Waals surface area contributed by atoms with Crippen LogP contribution in [0.2, 0.25) is 0 Å². The number of nitrogens with zero attached hydrogens (tertiary/aromatic N) is 1. The summed E-state index contributed by atoms with van der Waals surface area (Å²) in [5.74, 6) is -2.04. The molecule has 0 radical (unpaired) electrons. The van der Waals surface area contributed by atoms with Gasteiger partial charge < -0.3 is 9.84 Å². The van der Waals surface area contributed by atoms with Crippen LogP contribution >= 0.6 is 0 Å². The number of aliphatic carboxylic acids is 1. The lowest BCUT2D eigenvalue weighted by Crippen LogP contribution is -1.97. The number of hydrogen-bond acceptors (Lipinski definition) is 4. The monoisotopic (exact) mass is 241 g/mol. The number of carboxylic acids is 1. The fourth-order valence-electron chi connectivity index (χ4n) is 1.02. The van der Waals surface area contributed by atoms with Gasteiger partial charge in [-0.1, -0.05) is 0 Å². The largest absolute Gasteiger partial charge is 0.489 e. The Bertz CT molecular complexity index is 472. The average molecular weight is 241 g/mol. The molecule has 1 rings (SSSR count). The maximum atomic E-state index is 13.1. The highest BCUT2D eigenvalue weighted by Crippen LogP contribution is 2.22. The van der Waals surface area contributed by atoms with Gasteiger partial charge in [-0.3, -0.25) is 10.1 Å². The Balaban J connectivity index is 2.65. The summed E-state index contributed by atoms with van der Waals surface area (Å²) in [7, 11) is 0. The number of nitro groups is 1. The molecule has 0 amide bonds. The minimum Gasteiger partial charge on any atom is -0.489 e. The number of benzene rings is 1. The molecule has 0 aliphatic rings. The molecule has 0 saturated carbocycles. The summed E-state index contributed by atoms with van der Waals surface area (Å²) < 4.78 is 18.1. The maximum Gasteiger partial charge on any atom is 0.328 e. The number of halogens is 1. The third-order valence-corrected chi connectivity index (χ3v) is 1.72. The lowest BCUT2D eigenvalue weighted by molar-refractivity contribution is -0.387. The minimum atomic E-state index is -1.12. The third-order valence-electron chi connectivity index (χ3n) is 1.72. The molecule has 0 spiro atoms. The highest BCUT2D eigenvalue weighted by atomic mass is 19.1. The van der Waals surface area contributed by atoms with Crippen LogP contribution in [0.25, 0.3) is 0 Å². The Kier molecular flexibility index (Phi) is 4.15. The zero-order chi connectivity index (χ0) is 12.8. The number of hydrogen-bond donors (Lipinski definition) is 1. The first-order valence-corrected chi connectivity index (χ1v) is 4.47. The first-order valence-electron chi connectivity index (χ1n) is 4.47. The molecule has 0 aromatic heterocycles. The van der Waals surface area contributed by atoms with Crippen molar-refractivity contribution in [3.63, 3.8) is 0 Å². The lowest BCUT2D eigenvalue weighted by atomic mass is 10.3. The summed E-state index contributed by atoms with van der Waals surface area (Å²) in [5, 5.41) is 18.6. The van der Waals surface area contributed by atoms with Gasteiger partial charge in [-0.25, -0.2) is 4.79 Å². The lowest BCUT2D eigenvalue weighted by Gasteiger charge is -2.02. The molecule has 0 atom stereocenters. The summed E-state index contributed by atoms with van der Waals surface area (Å²) in [5.41, 5.74) is -0.640. The van der Waals surface area contributed by atoms with Crippen molar-refractivity contribution in [3.8, 4) is 5.75 Å². The Labute approximate surface area is 95.1 Å². The second-order valence-electron chi connectivity index (χ2n) is 2.92. The van der Waals surface area contributed by atoms with Crippen LogP contribution in [0.3, 0.4) is 0 Å². The summed E-state index contributed by atoms with van der Waals surface area (Å²) in [6.07, 6.45) is 2.10.